The number of methoxy groups -OCH3 is 1. The number of carboxylic acids is 1. The van der Waals surface area contributed by atoms with Crippen molar-refractivity contribution in [3.05, 3.63) is 32.8 Å². The average Bonchev–Trinajstić information content (AvgIpc) is 2.82. The molecule has 3 N–H and O–H groups in total. The van der Waals surface area contributed by atoms with Gasteiger partial charge in [0.25, 0.3) is 5.91 Å². The van der Waals surface area contributed by atoms with Crippen LogP contribution in [-0.2, 0) is 9.53 Å². The van der Waals surface area contributed by atoms with Crippen LogP contribution in [0.3, 0.4) is 0 Å². The van der Waals surface area contributed by atoms with E-state index in [4.69, 9.17) is 9.84 Å². The highest BCUT2D eigenvalue weighted by Crippen LogP contribution is 2.29. The number of carbonyl (C=O) groups is 2. The van der Waals surface area contributed by atoms with Crippen LogP contribution in [-0.4, -0.2) is 41.7 Å². The largest absolute Gasteiger partial charge is 0.479 e. The van der Waals surface area contributed by atoms with Crippen LogP contribution in [0, 0.1) is 0 Å². The molecule has 0 aliphatic rings. The van der Waals surface area contributed by atoms with E-state index in [9.17, 15) is 9.59 Å². The molecule has 0 aliphatic heterocycles. The molecule has 2 rings (SSSR count). The van der Waals surface area contributed by atoms with Crippen molar-refractivity contribution < 1.29 is 19.4 Å². The van der Waals surface area contributed by atoms with Crippen molar-refractivity contribution in [2.45, 2.75) is 6.10 Å². The fourth-order valence-corrected chi connectivity index (χ4v) is 2.54. The van der Waals surface area contributed by atoms with Gasteiger partial charge >= 0.3 is 5.97 Å². The number of amides is 1. The Morgan fingerprint density at radius 3 is 2.67 bits per heavy atom. The summed E-state index contributed by atoms with van der Waals surface area (Å²) in [5.41, 5.74) is 1.25. The molecule has 21 heavy (non-hydrogen) atoms. The lowest BCUT2D eigenvalue weighted by Crippen LogP contribution is -2.37. The summed E-state index contributed by atoms with van der Waals surface area (Å²) in [6, 6.07) is 3.67. The third-order valence-corrected chi connectivity index (χ3v) is 4.82. The molecule has 0 aliphatic carbocycles. The van der Waals surface area contributed by atoms with E-state index in [1.807, 2.05) is 12.1 Å². The number of aliphatic carboxylic acids is 1. The number of fused-ring (bicyclic) bond motifs is 1. The Morgan fingerprint density at radius 2 is 2.05 bits per heavy atom. The fraction of sp³-hybridized carbons (Fsp3) is 0.231. The first-order chi connectivity index (χ1) is 9.93. The number of nitrogens with one attached hydrogen (secondary N) is 2. The minimum atomic E-state index is -1.12. The zero-order valence-corrected chi connectivity index (χ0v) is 14.1. The fourth-order valence-electron chi connectivity index (χ4n) is 1.86. The van der Waals surface area contributed by atoms with Crippen molar-refractivity contribution in [2.75, 3.05) is 13.7 Å². The van der Waals surface area contributed by atoms with Gasteiger partial charge in [-0.3, -0.25) is 4.79 Å². The van der Waals surface area contributed by atoms with Gasteiger partial charge < -0.3 is 20.1 Å². The SMILES string of the molecule is COC(CNC(=O)c1c[nH]c2cc(Br)c(Br)cc12)C(=O)O. The monoisotopic (exact) mass is 418 g/mol. The average molecular weight is 420 g/mol. The van der Waals surface area contributed by atoms with E-state index in [-0.39, 0.29) is 12.5 Å². The molecule has 8 heteroatoms. The van der Waals surface area contributed by atoms with Crippen LogP contribution < -0.4 is 5.32 Å². The highest BCUT2D eigenvalue weighted by Gasteiger charge is 2.19. The van der Waals surface area contributed by atoms with Gasteiger partial charge in [-0.05, 0) is 44.0 Å². The number of ether oxygens (including phenoxy) is 1. The van der Waals surface area contributed by atoms with Crippen LogP contribution in [0.4, 0.5) is 0 Å². The lowest BCUT2D eigenvalue weighted by atomic mass is 10.1. The molecule has 0 saturated heterocycles. The van der Waals surface area contributed by atoms with Crippen LogP contribution in [0.2, 0.25) is 0 Å². The van der Waals surface area contributed by atoms with Gasteiger partial charge in [0.05, 0.1) is 12.1 Å². The molecule has 1 atom stereocenters. The number of hydrogen-bond donors (Lipinski definition) is 3. The number of rotatable bonds is 5. The van der Waals surface area contributed by atoms with Crippen LogP contribution in [0.15, 0.2) is 27.3 Å². The van der Waals surface area contributed by atoms with Crippen LogP contribution in [0.5, 0.6) is 0 Å². The van der Waals surface area contributed by atoms with Gasteiger partial charge in [-0.2, -0.15) is 0 Å². The number of aromatic nitrogens is 1. The van der Waals surface area contributed by atoms with Crippen molar-refractivity contribution in [3.63, 3.8) is 0 Å². The van der Waals surface area contributed by atoms with E-state index >= 15 is 0 Å². The summed E-state index contributed by atoms with van der Waals surface area (Å²) in [4.78, 5) is 26.0. The molecule has 1 amide bonds. The Morgan fingerprint density at radius 1 is 1.38 bits per heavy atom. The first-order valence-corrected chi connectivity index (χ1v) is 7.52. The number of benzene rings is 1. The van der Waals surface area contributed by atoms with E-state index in [0.29, 0.717) is 5.56 Å². The summed E-state index contributed by atoms with van der Waals surface area (Å²) >= 11 is 6.78. The van der Waals surface area contributed by atoms with Crippen LogP contribution in [0.25, 0.3) is 10.9 Å². The van der Waals surface area contributed by atoms with Gasteiger partial charge in [-0.15, -0.1) is 0 Å². The summed E-state index contributed by atoms with van der Waals surface area (Å²) < 4.78 is 6.46. The summed E-state index contributed by atoms with van der Waals surface area (Å²) in [7, 11) is 1.28. The van der Waals surface area contributed by atoms with E-state index in [0.717, 1.165) is 19.8 Å². The van der Waals surface area contributed by atoms with Crippen molar-refractivity contribution in [1.82, 2.24) is 10.3 Å². The number of carbonyl (C=O) groups excluding carboxylic acids is 1. The standard InChI is InChI=1S/C13H12Br2N2O4/c1-21-11(13(19)20)5-17-12(18)7-4-16-10-3-9(15)8(14)2-6(7)10/h2-4,11,16H,5H2,1H3,(H,17,18)(H,19,20). The molecule has 0 saturated carbocycles. The Labute approximate surface area is 137 Å². The second-order valence-corrected chi connectivity index (χ2v) is 6.00. The highest BCUT2D eigenvalue weighted by molar-refractivity contribution is 9.13. The summed E-state index contributed by atoms with van der Waals surface area (Å²) in [6.45, 7) is -0.102. The molecule has 0 fully saturated rings. The van der Waals surface area contributed by atoms with E-state index < -0.39 is 12.1 Å². The quantitative estimate of drug-likeness (QED) is 0.694. The summed E-state index contributed by atoms with van der Waals surface area (Å²) in [5.74, 6) is -1.48. The Balaban J connectivity index is 2.20. The zero-order chi connectivity index (χ0) is 15.6. The van der Waals surface area contributed by atoms with Crippen LogP contribution >= 0.6 is 31.9 Å². The predicted octanol–water partition coefficient (Wildman–Crippen LogP) is 2.52. The molecule has 1 aromatic carbocycles. The second-order valence-electron chi connectivity index (χ2n) is 4.29. The minimum absolute atomic E-state index is 0.102. The topological polar surface area (TPSA) is 91.4 Å². The number of H-pyrrole nitrogens is 1. The van der Waals surface area contributed by atoms with E-state index in [1.165, 1.54) is 7.11 Å². The van der Waals surface area contributed by atoms with Crippen LogP contribution in [0.1, 0.15) is 10.4 Å². The molecule has 0 spiro atoms. The molecular weight excluding hydrogens is 408 g/mol. The lowest BCUT2D eigenvalue weighted by Gasteiger charge is -2.11. The normalized spacial score (nSPS) is 12.3. The number of hydrogen-bond acceptors (Lipinski definition) is 3. The molecular formula is C13H12Br2N2O4. The molecule has 0 radical (unpaired) electrons. The van der Waals surface area contributed by atoms with E-state index in [1.54, 1.807) is 6.20 Å². The summed E-state index contributed by atoms with van der Waals surface area (Å²) in [5, 5.41) is 12.2. The number of carboxylic acid groups (broad SMARTS) is 1. The maximum Gasteiger partial charge on any atom is 0.334 e. The van der Waals surface area contributed by atoms with Gasteiger partial charge in [-0.25, -0.2) is 4.79 Å². The number of aromatic amines is 1. The molecule has 0 bridgehead atoms. The smallest absolute Gasteiger partial charge is 0.334 e. The first-order valence-electron chi connectivity index (χ1n) is 5.94. The Kier molecular flexibility index (Phi) is 5.02. The molecule has 1 unspecified atom stereocenters. The summed E-state index contributed by atoms with van der Waals surface area (Å²) in [6.07, 6.45) is 0.515. The third kappa shape index (κ3) is 3.45. The van der Waals surface area contributed by atoms with Gasteiger partial charge in [0, 0.05) is 33.2 Å². The van der Waals surface area contributed by atoms with Crippen molar-refractivity contribution in [1.29, 1.82) is 0 Å². The molecule has 6 nitrogen and oxygen atoms in total. The Hall–Kier alpha value is -1.38. The third-order valence-electron chi connectivity index (χ3n) is 2.98. The number of halogens is 2. The molecule has 1 heterocycles. The first kappa shape index (κ1) is 16.0. The minimum Gasteiger partial charge on any atom is -0.479 e. The maximum absolute atomic E-state index is 12.2. The van der Waals surface area contributed by atoms with Gasteiger partial charge in [0.1, 0.15) is 0 Å². The molecule has 2 aromatic rings. The highest BCUT2D eigenvalue weighted by atomic mass is 79.9. The van der Waals surface area contributed by atoms with E-state index in [2.05, 4.69) is 42.2 Å². The molecule has 112 valence electrons. The van der Waals surface area contributed by atoms with Gasteiger partial charge in [0.2, 0.25) is 0 Å². The second kappa shape index (κ2) is 6.59. The predicted molar refractivity (Wildman–Crippen MR) is 84.5 cm³/mol. The Bertz CT molecular complexity index is 699. The van der Waals surface area contributed by atoms with Crippen molar-refractivity contribution in [2.24, 2.45) is 0 Å². The van der Waals surface area contributed by atoms with Crippen molar-refractivity contribution in [3.8, 4) is 0 Å². The van der Waals surface area contributed by atoms with Gasteiger partial charge in [0.15, 0.2) is 6.10 Å². The maximum atomic E-state index is 12.2. The molecule has 1 aromatic heterocycles. The van der Waals surface area contributed by atoms with Crippen molar-refractivity contribution >= 4 is 54.6 Å². The van der Waals surface area contributed by atoms with Gasteiger partial charge in [-0.1, -0.05) is 0 Å². The lowest BCUT2D eigenvalue weighted by molar-refractivity contribution is -0.148. The zero-order valence-electron chi connectivity index (χ0n) is 10.9.